The smallest absolute Gasteiger partial charge is 0.228 e. The SMILES string of the molecule is Cc1ccc(Cl)cc1NC(=O)C1[C@@H]2[C@H]3CC[C@H](C3)[C@H]12. The molecule has 1 amide bonds. The molecule has 1 N–H and O–H groups in total. The Balaban J connectivity index is 1.50. The van der Waals surface area contributed by atoms with Gasteiger partial charge in [-0.05, 0) is 67.6 Å². The van der Waals surface area contributed by atoms with Gasteiger partial charge >= 0.3 is 0 Å². The van der Waals surface area contributed by atoms with Gasteiger partial charge in [0.2, 0.25) is 5.91 Å². The van der Waals surface area contributed by atoms with Gasteiger partial charge in [0.15, 0.2) is 0 Å². The van der Waals surface area contributed by atoms with Crippen molar-refractivity contribution in [1.82, 2.24) is 0 Å². The van der Waals surface area contributed by atoms with Gasteiger partial charge in [0.25, 0.3) is 0 Å². The summed E-state index contributed by atoms with van der Waals surface area (Å²) in [6.07, 6.45) is 4.09. The minimum atomic E-state index is 0.219. The van der Waals surface area contributed by atoms with Crippen LogP contribution < -0.4 is 5.32 Å². The first kappa shape index (κ1) is 11.8. The Morgan fingerprint density at radius 2 is 1.95 bits per heavy atom. The second-order valence-corrected chi connectivity index (χ2v) is 6.90. The van der Waals surface area contributed by atoms with Crippen LogP contribution in [0.1, 0.15) is 24.8 Å². The van der Waals surface area contributed by atoms with Crippen LogP contribution in [-0.4, -0.2) is 5.91 Å². The predicted molar refractivity (Wildman–Crippen MR) is 76.1 cm³/mol. The topological polar surface area (TPSA) is 29.1 Å². The van der Waals surface area contributed by atoms with Crippen molar-refractivity contribution in [1.29, 1.82) is 0 Å². The zero-order chi connectivity index (χ0) is 13.1. The van der Waals surface area contributed by atoms with E-state index in [1.165, 1.54) is 19.3 Å². The quantitative estimate of drug-likeness (QED) is 0.872. The van der Waals surface area contributed by atoms with Gasteiger partial charge in [-0.1, -0.05) is 17.7 Å². The molecule has 19 heavy (non-hydrogen) atoms. The van der Waals surface area contributed by atoms with E-state index in [1.807, 2.05) is 25.1 Å². The van der Waals surface area contributed by atoms with Crippen molar-refractivity contribution in [2.24, 2.45) is 29.6 Å². The summed E-state index contributed by atoms with van der Waals surface area (Å²) in [4.78, 5) is 12.4. The lowest BCUT2D eigenvalue weighted by Crippen LogP contribution is -2.19. The molecule has 3 aliphatic rings. The number of amides is 1. The van der Waals surface area contributed by atoms with Crippen LogP contribution in [0.4, 0.5) is 5.69 Å². The molecule has 3 saturated carbocycles. The van der Waals surface area contributed by atoms with Crippen molar-refractivity contribution < 1.29 is 4.79 Å². The lowest BCUT2D eigenvalue weighted by molar-refractivity contribution is -0.118. The number of aryl methyl sites for hydroxylation is 1. The van der Waals surface area contributed by atoms with E-state index in [1.54, 1.807) is 0 Å². The number of hydrogen-bond acceptors (Lipinski definition) is 1. The molecular weight excluding hydrogens is 258 g/mol. The maximum absolute atomic E-state index is 12.4. The van der Waals surface area contributed by atoms with E-state index < -0.39 is 0 Å². The van der Waals surface area contributed by atoms with Gasteiger partial charge in [-0.3, -0.25) is 4.79 Å². The molecule has 3 fully saturated rings. The van der Waals surface area contributed by atoms with Crippen molar-refractivity contribution in [2.45, 2.75) is 26.2 Å². The van der Waals surface area contributed by atoms with Gasteiger partial charge < -0.3 is 5.32 Å². The van der Waals surface area contributed by atoms with E-state index in [4.69, 9.17) is 11.6 Å². The second-order valence-electron chi connectivity index (χ2n) is 6.46. The van der Waals surface area contributed by atoms with Crippen molar-refractivity contribution in [3.63, 3.8) is 0 Å². The fourth-order valence-corrected chi connectivity index (χ4v) is 4.79. The van der Waals surface area contributed by atoms with E-state index >= 15 is 0 Å². The number of fused-ring (bicyclic) bond motifs is 5. The number of halogens is 1. The number of carbonyl (C=O) groups is 1. The van der Waals surface area contributed by atoms with Crippen molar-refractivity contribution in [3.05, 3.63) is 28.8 Å². The van der Waals surface area contributed by atoms with E-state index in [9.17, 15) is 4.79 Å². The molecule has 0 spiro atoms. The van der Waals surface area contributed by atoms with Crippen LogP contribution in [0.5, 0.6) is 0 Å². The van der Waals surface area contributed by atoms with E-state index in [-0.39, 0.29) is 11.8 Å². The minimum Gasteiger partial charge on any atom is -0.326 e. The van der Waals surface area contributed by atoms with Crippen LogP contribution in [0.15, 0.2) is 18.2 Å². The highest BCUT2D eigenvalue weighted by atomic mass is 35.5. The molecule has 0 heterocycles. The largest absolute Gasteiger partial charge is 0.326 e. The molecule has 0 radical (unpaired) electrons. The number of nitrogens with one attached hydrogen (secondary N) is 1. The molecule has 4 rings (SSSR count). The summed E-state index contributed by atoms with van der Waals surface area (Å²) >= 11 is 6.00. The third-order valence-electron chi connectivity index (χ3n) is 5.50. The molecule has 2 bridgehead atoms. The summed E-state index contributed by atoms with van der Waals surface area (Å²) in [5.41, 5.74) is 1.95. The Morgan fingerprint density at radius 1 is 1.26 bits per heavy atom. The lowest BCUT2D eigenvalue weighted by Gasteiger charge is -2.11. The second kappa shape index (κ2) is 3.99. The number of benzene rings is 1. The first-order valence-electron chi connectivity index (χ1n) is 7.22. The molecule has 0 aliphatic heterocycles. The summed E-state index contributed by atoms with van der Waals surface area (Å²) in [7, 11) is 0. The predicted octanol–water partition coefficient (Wildman–Crippen LogP) is 3.88. The Labute approximate surface area is 118 Å². The van der Waals surface area contributed by atoms with Gasteiger partial charge in [0, 0.05) is 16.6 Å². The summed E-state index contributed by atoms with van der Waals surface area (Å²) in [6, 6.07) is 5.66. The van der Waals surface area contributed by atoms with E-state index in [2.05, 4.69) is 5.32 Å². The standard InChI is InChI=1S/C16H18ClNO/c1-8-2-5-11(17)7-12(8)18-16(19)15-13-9-3-4-10(6-9)14(13)15/h2,5,7,9-10,13-15H,3-4,6H2,1H3,(H,18,19)/t9-,10+,13+,14-,15?. The molecule has 0 aromatic heterocycles. The van der Waals surface area contributed by atoms with E-state index in [0.717, 1.165) is 23.1 Å². The molecule has 2 nitrogen and oxygen atoms in total. The average molecular weight is 276 g/mol. The molecule has 3 aliphatic carbocycles. The first-order chi connectivity index (χ1) is 9.15. The Bertz CT molecular complexity index is 540. The number of carbonyl (C=O) groups excluding carboxylic acids is 1. The highest BCUT2D eigenvalue weighted by Crippen LogP contribution is 2.69. The fourth-order valence-electron chi connectivity index (χ4n) is 4.62. The maximum atomic E-state index is 12.4. The molecular formula is C16H18ClNO. The third kappa shape index (κ3) is 1.73. The van der Waals surface area contributed by atoms with Crippen molar-refractivity contribution >= 4 is 23.2 Å². The van der Waals surface area contributed by atoms with Crippen LogP contribution >= 0.6 is 11.6 Å². The van der Waals surface area contributed by atoms with E-state index in [0.29, 0.717) is 16.9 Å². The summed E-state index contributed by atoms with van der Waals surface area (Å²) in [5, 5.41) is 3.76. The van der Waals surface area contributed by atoms with Gasteiger partial charge in [0.1, 0.15) is 0 Å². The first-order valence-corrected chi connectivity index (χ1v) is 7.60. The summed E-state index contributed by atoms with van der Waals surface area (Å²) in [6.45, 7) is 2.00. The van der Waals surface area contributed by atoms with Gasteiger partial charge in [-0.2, -0.15) is 0 Å². The molecule has 3 heteroatoms. The number of anilines is 1. The third-order valence-corrected chi connectivity index (χ3v) is 5.73. The Hall–Kier alpha value is -1.02. The van der Waals surface area contributed by atoms with Crippen LogP contribution in [0, 0.1) is 36.5 Å². The molecule has 0 saturated heterocycles. The highest BCUT2D eigenvalue weighted by molar-refractivity contribution is 6.31. The fraction of sp³-hybridized carbons (Fsp3) is 0.562. The molecule has 100 valence electrons. The molecule has 5 atom stereocenters. The lowest BCUT2D eigenvalue weighted by atomic mass is 10.0. The van der Waals surface area contributed by atoms with Gasteiger partial charge in [-0.15, -0.1) is 0 Å². The van der Waals surface area contributed by atoms with Gasteiger partial charge in [0.05, 0.1) is 0 Å². The number of hydrogen-bond donors (Lipinski definition) is 1. The van der Waals surface area contributed by atoms with Crippen molar-refractivity contribution in [3.8, 4) is 0 Å². The normalized spacial score (nSPS) is 38.1. The zero-order valence-corrected chi connectivity index (χ0v) is 11.8. The van der Waals surface area contributed by atoms with Crippen LogP contribution in [0.2, 0.25) is 5.02 Å². The molecule has 1 aromatic carbocycles. The monoisotopic (exact) mass is 275 g/mol. The number of rotatable bonds is 2. The maximum Gasteiger partial charge on any atom is 0.228 e. The Kier molecular flexibility index (Phi) is 2.47. The summed E-state index contributed by atoms with van der Waals surface area (Å²) in [5.74, 6) is 3.57. The molecule has 1 unspecified atom stereocenters. The Morgan fingerprint density at radius 3 is 2.63 bits per heavy atom. The highest BCUT2D eigenvalue weighted by Gasteiger charge is 2.67. The van der Waals surface area contributed by atoms with Crippen molar-refractivity contribution in [2.75, 3.05) is 5.32 Å². The summed E-state index contributed by atoms with van der Waals surface area (Å²) < 4.78 is 0. The minimum absolute atomic E-state index is 0.219. The van der Waals surface area contributed by atoms with Crippen LogP contribution in [0.3, 0.4) is 0 Å². The van der Waals surface area contributed by atoms with Gasteiger partial charge in [-0.25, -0.2) is 0 Å². The average Bonchev–Trinajstić information content (AvgIpc) is 2.83. The van der Waals surface area contributed by atoms with Crippen LogP contribution in [0.25, 0.3) is 0 Å². The van der Waals surface area contributed by atoms with Crippen LogP contribution in [-0.2, 0) is 4.79 Å². The zero-order valence-electron chi connectivity index (χ0n) is 11.0. The molecule has 1 aromatic rings.